The van der Waals surface area contributed by atoms with Crippen LogP contribution in [0.2, 0.25) is 0 Å². The van der Waals surface area contributed by atoms with Gasteiger partial charge in [0.1, 0.15) is 5.75 Å². The van der Waals surface area contributed by atoms with Crippen LogP contribution in [-0.4, -0.2) is 17.1 Å². The Kier molecular flexibility index (Phi) is 5.10. The summed E-state index contributed by atoms with van der Waals surface area (Å²) in [5, 5.41) is 12.7. The van der Waals surface area contributed by atoms with Gasteiger partial charge in [0.2, 0.25) is 0 Å². The Hall–Kier alpha value is -3.14. The van der Waals surface area contributed by atoms with Crippen molar-refractivity contribution in [2.24, 2.45) is 5.92 Å². The third-order valence-electron chi connectivity index (χ3n) is 5.23. The molecular weight excluding hydrogens is 362 g/mol. The fraction of sp³-hybridized carbons (Fsp3) is 0.280. The first-order valence-electron chi connectivity index (χ1n) is 10.0. The Balaban J connectivity index is 1.94. The molecule has 1 aliphatic rings. The van der Waals surface area contributed by atoms with Crippen LogP contribution < -0.4 is 9.84 Å². The van der Waals surface area contributed by atoms with E-state index < -0.39 is 5.97 Å². The molecule has 0 spiro atoms. The van der Waals surface area contributed by atoms with Crippen LogP contribution in [0.1, 0.15) is 54.4 Å². The number of rotatable bonds is 4. The molecule has 4 nitrogen and oxygen atoms in total. The van der Waals surface area contributed by atoms with Gasteiger partial charge in [0.15, 0.2) is 0 Å². The number of carbonyl (C=O) groups is 1. The van der Waals surface area contributed by atoms with Crippen molar-refractivity contribution in [1.82, 2.24) is 4.98 Å². The van der Waals surface area contributed by atoms with E-state index in [-0.39, 0.29) is 11.7 Å². The van der Waals surface area contributed by atoms with E-state index in [1.807, 2.05) is 62.4 Å². The number of aromatic nitrogens is 1. The number of benzene rings is 2. The van der Waals surface area contributed by atoms with Gasteiger partial charge in [-0.15, -0.1) is 0 Å². The Morgan fingerprint density at radius 1 is 1.14 bits per heavy atom. The first kappa shape index (κ1) is 19.2. The zero-order chi connectivity index (χ0) is 20.5. The molecule has 1 aliphatic carbocycles. The van der Waals surface area contributed by atoms with Gasteiger partial charge in [-0.1, -0.05) is 43.3 Å². The summed E-state index contributed by atoms with van der Waals surface area (Å²) in [7, 11) is 0. The maximum atomic E-state index is 12.1. The predicted octanol–water partition coefficient (Wildman–Crippen LogP) is 4.51. The Bertz CT molecular complexity index is 1110. The minimum Gasteiger partial charge on any atom is -0.545 e. The number of pyridine rings is 1. The van der Waals surface area contributed by atoms with Gasteiger partial charge in [0.25, 0.3) is 0 Å². The molecule has 0 saturated heterocycles. The number of para-hydroxylation sites is 2. The molecule has 1 heterocycles. The molecule has 4 rings (SSSR count). The number of aromatic carboxylic acids is 1. The summed E-state index contributed by atoms with van der Waals surface area (Å²) in [6.07, 6.45) is 3.67. The van der Waals surface area contributed by atoms with E-state index in [9.17, 15) is 9.90 Å². The number of allylic oxidation sites excluding steroid dienone is 1. The second kappa shape index (κ2) is 7.70. The molecule has 0 bridgehead atoms. The quantitative estimate of drug-likeness (QED) is 0.662. The highest BCUT2D eigenvalue weighted by Gasteiger charge is 2.26. The molecule has 29 heavy (non-hydrogen) atoms. The third kappa shape index (κ3) is 3.75. The first-order valence-corrected chi connectivity index (χ1v) is 10.0. The molecule has 0 aliphatic heterocycles. The highest BCUT2D eigenvalue weighted by atomic mass is 16.5. The number of ether oxygens (including phenoxy) is 1. The van der Waals surface area contributed by atoms with Crippen molar-refractivity contribution in [3.8, 4) is 5.75 Å². The normalized spacial score (nSPS) is 17.5. The van der Waals surface area contributed by atoms with Crippen LogP contribution >= 0.6 is 0 Å². The zero-order valence-corrected chi connectivity index (χ0v) is 16.9. The molecule has 3 aromatic rings. The van der Waals surface area contributed by atoms with Crippen molar-refractivity contribution in [2.45, 2.75) is 39.7 Å². The second-order valence-electron chi connectivity index (χ2n) is 8.01. The molecule has 0 radical (unpaired) electrons. The third-order valence-corrected chi connectivity index (χ3v) is 5.23. The number of carboxylic acids is 1. The number of carboxylic acid groups (broad SMARTS) is 1. The lowest BCUT2D eigenvalue weighted by Crippen LogP contribution is -2.27. The van der Waals surface area contributed by atoms with Crippen molar-refractivity contribution in [3.05, 3.63) is 70.9 Å². The summed E-state index contributed by atoms with van der Waals surface area (Å²) in [6.45, 7) is 6.14. The topological polar surface area (TPSA) is 62.2 Å². The summed E-state index contributed by atoms with van der Waals surface area (Å²) in [5.41, 5.74) is 4.50. The zero-order valence-electron chi connectivity index (χ0n) is 16.9. The second-order valence-corrected chi connectivity index (χ2v) is 8.01. The molecule has 2 aromatic carbocycles. The maximum Gasteiger partial charge on any atom is 0.126 e. The van der Waals surface area contributed by atoms with Crippen molar-refractivity contribution in [2.75, 3.05) is 0 Å². The van der Waals surface area contributed by atoms with Crippen LogP contribution in [0.4, 0.5) is 0 Å². The van der Waals surface area contributed by atoms with E-state index in [0.29, 0.717) is 23.2 Å². The molecule has 1 aromatic heterocycles. The van der Waals surface area contributed by atoms with Gasteiger partial charge in [0, 0.05) is 16.5 Å². The monoisotopic (exact) mass is 386 g/mol. The van der Waals surface area contributed by atoms with Gasteiger partial charge in [-0.25, -0.2) is 4.98 Å². The highest BCUT2D eigenvalue weighted by Crippen LogP contribution is 2.39. The van der Waals surface area contributed by atoms with E-state index in [2.05, 4.69) is 13.0 Å². The molecule has 148 valence electrons. The van der Waals surface area contributed by atoms with Crippen LogP contribution in [-0.2, 0) is 6.42 Å². The SMILES string of the molecule is CC(C)Oc1ccccc1/C=C1\C[C@@H](C)Cc2c1nc1ccccc1c2C(=O)[O-]. The maximum absolute atomic E-state index is 12.1. The number of fused-ring (bicyclic) bond motifs is 2. The van der Waals surface area contributed by atoms with Crippen LogP contribution in [0, 0.1) is 5.92 Å². The van der Waals surface area contributed by atoms with E-state index in [1.165, 1.54) is 0 Å². The minimum atomic E-state index is -1.14. The molecule has 0 amide bonds. The van der Waals surface area contributed by atoms with Gasteiger partial charge in [-0.2, -0.15) is 0 Å². The summed E-state index contributed by atoms with van der Waals surface area (Å²) in [6, 6.07) is 15.3. The molecule has 0 fully saturated rings. The summed E-state index contributed by atoms with van der Waals surface area (Å²) in [5.74, 6) is -0.0134. The lowest BCUT2D eigenvalue weighted by Gasteiger charge is -2.27. The van der Waals surface area contributed by atoms with Gasteiger partial charge >= 0.3 is 0 Å². The lowest BCUT2D eigenvalue weighted by molar-refractivity contribution is -0.254. The van der Waals surface area contributed by atoms with Crippen molar-refractivity contribution in [1.29, 1.82) is 0 Å². The molecule has 1 atom stereocenters. The standard InChI is InChI=1S/C25H25NO3/c1-15(2)29-22-11-7-4-8-17(22)14-18-12-16(3)13-20-23(25(27)28)19-9-5-6-10-21(19)26-24(18)20/h4-11,14-16H,12-13H2,1-3H3,(H,27,28)/p-1/b18-14+/t16-/m1/s1. The van der Waals surface area contributed by atoms with E-state index >= 15 is 0 Å². The van der Waals surface area contributed by atoms with E-state index in [4.69, 9.17) is 9.72 Å². The largest absolute Gasteiger partial charge is 0.545 e. The number of nitrogens with zero attached hydrogens (tertiary/aromatic N) is 1. The number of hydrogen-bond acceptors (Lipinski definition) is 4. The van der Waals surface area contributed by atoms with E-state index in [1.54, 1.807) is 0 Å². The van der Waals surface area contributed by atoms with Gasteiger partial charge < -0.3 is 14.6 Å². The van der Waals surface area contributed by atoms with Crippen LogP contribution in [0.15, 0.2) is 48.5 Å². The average molecular weight is 386 g/mol. The fourth-order valence-corrected chi connectivity index (χ4v) is 4.12. The summed E-state index contributed by atoms with van der Waals surface area (Å²) < 4.78 is 5.96. The lowest BCUT2D eigenvalue weighted by atomic mass is 9.80. The fourth-order valence-electron chi connectivity index (χ4n) is 4.12. The molecular formula is C25H24NO3-. The van der Waals surface area contributed by atoms with E-state index in [0.717, 1.165) is 34.6 Å². The number of hydrogen-bond donors (Lipinski definition) is 0. The Morgan fingerprint density at radius 2 is 1.86 bits per heavy atom. The highest BCUT2D eigenvalue weighted by molar-refractivity contribution is 6.05. The van der Waals surface area contributed by atoms with Gasteiger partial charge in [-0.05, 0) is 62.0 Å². The van der Waals surface area contributed by atoms with Gasteiger partial charge in [0.05, 0.1) is 23.3 Å². The number of carbonyl (C=O) groups excluding carboxylic acids is 1. The summed E-state index contributed by atoms with van der Waals surface area (Å²) in [4.78, 5) is 16.9. The van der Waals surface area contributed by atoms with Crippen LogP contribution in [0.25, 0.3) is 22.6 Å². The molecule has 0 saturated carbocycles. The molecule has 0 unspecified atom stereocenters. The summed E-state index contributed by atoms with van der Waals surface area (Å²) >= 11 is 0. The molecule has 4 heteroatoms. The van der Waals surface area contributed by atoms with Crippen molar-refractivity contribution in [3.63, 3.8) is 0 Å². The van der Waals surface area contributed by atoms with Gasteiger partial charge in [-0.3, -0.25) is 0 Å². The minimum absolute atomic E-state index is 0.0684. The Morgan fingerprint density at radius 3 is 2.62 bits per heavy atom. The molecule has 0 N–H and O–H groups in total. The van der Waals surface area contributed by atoms with Crippen LogP contribution in [0.3, 0.4) is 0 Å². The van der Waals surface area contributed by atoms with Crippen molar-refractivity contribution >= 4 is 28.5 Å². The first-order chi connectivity index (χ1) is 13.9. The Labute approximate surface area is 170 Å². The van der Waals surface area contributed by atoms with Crippen LogP contribution in [0.5, 0.6) is 5.75 Å². The van der Waals surface area contributed by atoms with Crippen molar-refractivity contribution < 1.29 is 14.6 Å². The predicted molar refractivity (Wildman–Crippen MR) is 114 cm³/mol. The average Bonchev–Trinajstić information content (AvgIpc) is 2.67. The smallest absolute Gasteiger partial charge is 0.126 e.